The molecule has 2 aliphatic heterocycles. The van der Waals surface area contributed by atoms with Crippen molar-refractivity contribution in [2.24, 2.45) is 11.8 Å². The van der Waals surface area contributed by atoms with Crippen LogP contribution in [-0.4, -0.2) is 53.0 Å². The fraction of sp³-hybridized carbons (Fsp3) is 0.667. The second-order valence-electron chi connectivity index (χ2n) is 9.37. The van der Waals surface area contributed by atoms with Gasteiger partial charge in [0, 0.05) is 36.3 Å². The number of hydrogen-bond donors (Lipinski definition) is 1. The number of rotatable bonds is 4. The van der Waals surface area contributed by atoms with Gasteiger partial charge in [-0.05, 0) is 81.4 Å². The maximum Gasteiger partial charge on any atom is 0.133 e. The highest BCUT2D eigenvalue weighted by atomic mass is 16.5. The van der Waals surface area contributed by atoms with Crippen LogP contribution in [0, 0.1) is 11.8 Å². The number of H-pyrrole nitrogens is 1. The molecule has 156 valence electrons. The molecule has 0 bridgehead atoms. The summed E-state index contributed by atoms with van der Waals surface area (Å²) in [6.45, 7) is 5.75. The maximum absolute atomic E-state index is 12.0. The Hall–Kier alpha value is -1.72. The Bertz CT molecular complexity index is 831. The van der Waals surface area contributed by atoms with E-state index in [9.17, 15) is 4.79 Å². The Labute approximate surface area is 173 Å². The van der Waals surface area contributed by atoms with Gasteiger partial charge >= 0.3 is 0 Å². The summed E-state index contributed by atoms with van der Waals surface area (Å²) in [5.74, 6) is 1.26. The van der Waals surface area contributed by atoms with Crippen LogP contribution in [-0.2, 0) is 28.8 Å². The zero-order valence-corrected chi connectivity index (χ0v) is 17.6. The van der Waals surface area contributed by atoms with E-state index in [1.807, 2.05) is 6.33 Å². The van der Waals surface area contributed by atoms with Crippen molar-refractivity contribution in [3.63, 3.8) is 0 Å². The monoisotopic (exact) mass is 395 g/mol. The lowest BCUT2D eigenvalue weighted by molar-refractivity contribution is -0.121. The number of carbonyl (C=O) groups is 1. The second kappa shape index (κ2) is 8.19. The van der Waals surface area contributed by atoms with Crippen molar-refractivity contribution in [3.05, 3.63) is 29.2 Å². The van der Waals surface area contributed by atoms with Gasteiger partial charge in [0.15, 0.2) is 0 Å². The lowest BCUT2D eigenvalue weighted by Crippen LogP contribution is -2.45. The first-order valence-corrected chi connectivity index (χ1v) is 11.5. The number of ether oxygens (including phenoxy) is 1. The minimum atomic E-state index is 0.185. The Kier molecular flexibility index (Phi) is 5.44. The number of hydrogen-bond acceptors (Lipinski definition) is 4. The van der Waals surface area contributed by atoms with Gasteiger partial charge in [-0.3, -0.25) is 9.69 Å². The molecule has 0 aromatic rings. The third-order valence-electron chi connectivity index (χ3n) is 7.66. The molecule has 0 aromatic heterocycles. The molecule has 0 radical (unpaired) electrons. The van der Waals surface area contributed by atoms with Crippen molar-refractivity contribution < 1.29 is 9.53 Å². The fourth-order valence-electron chi connectivity index (χ4n) is 5.92. The molecule has 2 fully saturated rings. The van der Waals surface area contributed by atoms with Gasteiger partial charge < -0.3 is 9.72 Å². The molecule has 1 unspecified atom stereocenters. The first-order valence-electron chi connectivity index (χ1n) is 11.5. The highest BCUT2D eigenvalue weighted by Crippen LogP contribution is 2.40. The molecule has 3 aliphatic carbocycles. The minimum absolute atomic E-state index is 0.185. The molecule has 5 aliphatic rings. The predicted octanol–water partition coefficient (Wildman–Crippen LogP) is 3.64. The number of carbonyl (C=O) groups excluding carboxylic acids is 1. The fourth-order valence-corrected chi connectivity index (χ4v) is 5.92. The Morgan fingerprint density at radius 2 is 2.00 bits per heavy atom. The van der Waals surface area contributed by atoms with Gasteiger partial charge in [0.2, 0.25) is 0 Å². The molecule has 5 heteroatoms. The van der Waals surface area contributed by atoms with E-state index in [1.54, 1.807) is 6.92 Å². The Morgan fingerprint density at radius 3 is 2.76 bits per heavy atom. The van der Waals surface area contributed by atoms with Crippen molar-refractivity contribution in [1.29, 1.82) is 0 Å². The van der Waals surface area contributed by atoms with Gasteiger partial charge in [-0.15, -0.1) is 0 Å². The van der Waals surface area contributed by atoms with Crippen LogP contribution >= 0.6 is 0 Å². The number of Topliss-reactive ketones (excluding diaryl/α,β-unsaturated/α-hetero) is 1. The molecule has 5 nitrogen and oxygen atoms in total. The maximum atomic E-state index is 12.0. The van der Waals surface area contributed by atoms with E-state index in [0.717, 1.165) is 69.6 Å². The summed E-state index contributed by atoms with van der Waals surface area (Å²) < 4.78 is 5.52. The molecule has 1 saturated heterocycles. The van der Waals surface area contributed by atoms with Gasteiger partial charge in [0.05, 0.1) is 25.2 Å². The first kappa shape index (κ1) is 19.3. The number of aryl methyl sites for hydroxylation is 1. The number of aromatic amines is 1. The molecular weight excluding hydrogens is 362 g/mol. The molecule has 2 heterocycles. The van der Waals surface area contributed by atoms with E-state index in [2.05, 4.69) is 20.9 Å². The van der Waals surface area contributed by atoms with Gasteiger partial charge in [0.1, 0.15) is 5.78 Å². The summed E-state index contributed by atoms with van der Waals surface area (Å²) in [4.78, 5) is 22.8. The first-order chi connectivity index (χ1) is 14.2. The number of nitrogens with one attached hydrogen (secondary N) is 1. The third kappa shape index (κ3) is 3.87. The number of morpholine rings is 1. The summed E-state index contributed by atoms with van der Waals surface area (Å²) in [5, 5.41) is 0. The van der Waals surface area contributed by atoms with Crippen LogP contribution in [0.15, 0.2) is 12.4 Å². The van der Waals surface area contributed by atoms with Crippen LogP contribution < -0.4 is 0 Å². The van der Waals surface area contributed by atoms with E-state index in [0.29, 0.717) is 5.78 Å². The number of fused-ring (bicyclic) bond motifs is 3. The van der Waals surface area contributed by atoms with Crippen molar-refractivity contribution in [2.45, 2.75) is 64.3 Å². The normalized spacial score (nSPS) is 28.4. The molecule has 5 rings (SSSR count). The van der Waals surface area contributed by atoms with Crippen molar-refractivity contribution in [3.8, 4) is 11.3 Å². The van der Waals surface area contributed by atoms with Crippen LogP contribution in [0.25, 0.3) is 11.3 Å². The van der Waals surface area contributed by atoms with E-state index in [-0.39, 0.29) is 5.92 Å². The van der Waals surface area contributed by atoms with Gasteiger partial charge in [-0.1, -0.05) is 0 Å². The summed E-state index contributed by atoms with van der Waals surface area (Å²) in [7, 11) is 0. The molecule has 0 aromatic carbocycles. The molecule has 29 heavy (non-hydrogen) atoms. The topological polar surface area (TPSA) is 58.2 Å². The lowest BCUT2D eigenvalue weighted by atomic mass is 9.80. The number of aromatic nitrogens is 2. The zero-order valence-electron chi connectivity index (χ0n) is 17.6. The van der Waals surface area contributed by atoms with Crippen LogP contribution in [0.3, 0.4) is 0 Å². The van der Waals surface area contributed by atoms with E-state index in [4.69, 9.17) is 4.74 Å². The molecule has 0 spiro atoms. The van der Waals surface area contributed by atoms with Gasteiger partial charge in [0.25, 0.3) is 0 Å². The van der Waals surface area contributed by atoms with Crippen molar-refractivity contribution in [2.75, 3.05) is 26.3 Å². The van der Waals surface area contributed by atoms with Gasteiger partial charge in [-0.25, -0.2) is 4.98 Å². The standard InChI is InChI=1S/C24H33N3O2/c1-16(28)18-4-5-19-14-23-24(21(19)13-18)22(25-15-26-23)12-17-2-6-20(7-3-17)27-8-10-29-11-9-27/h14-15,17-18,20H,2-13H2,1H3,(H,25,26). The average molecular weight is 396 g/mol. The van der Waals surface area contributed by atoms with Crippen LogP contribution in [0.4, 0.5) is 0 Å². The SMILES string of the molecule is CC(=O)C1CCc2cc3nc[nH]c(CC4CCC(N5CCOCC5)CC4)c-3c2C1. The summed E-state index contributed by atoms with van der Waals surface area (Å²) in [5.41, 5.74) is 6.60. The minimum Gasteiger partial charge on any atom is -0.379 e. The third-order valence-corrected chi connectivity index (χ3v) is 7.66. The largest absolute Gasteiger partial charge is 0.379 e. The van der Waals surface area contributed by atoms with E-state index < -0.39 is 0 Å². The van der Waals surface area contributed by atoms with E-state index in [1.165, 1.54) is 48.1 Å². The highest BCUT2D eigenvalue weighted by molar-refractivity contribution is 5.81. The Balaban J connectivity index is 1.30. The van der Waals surface area contributed by atoms with Gasteiger partial charge in [-0.2, -0.15) is 0 Å². The molecule has 0 amide bonds. The van der Waals surface area contributed by atoms with Crippen molar-refractivity contribution >= 4 is 5.78 Å². The molecular formula is C24H33N3O2. The average Bonchev–Trinajstić information content (AvgIpc) is 3.13. The summed E-state index contributed by atoms with van der Waals surface area (Å²) in [6, 6.07) is 3.02. The molecule has 1 atom stereocenters. The van der Waals surface area contributed by atoms with Crippen molar-refractivity contribution in [1.82, 2.24) is 14.9 Å². The predicted molar refractivity (Wildman–Crippen MR) is 113 cm³/mol. The number of nitrogens with zero attached hydrogens (tertiary/aromatic N) is 2. The molecule has 1 N–H and O–H groups in total. The summed E-state index contributed by atoms with van der Waals surface area (Å²) in [6.07, 6.45) is 11.1. The molecule has 1 saturated carbocycles. The zero-order chi connectivity index (χ0) is 19.8. The van der Waals surface area contributed by atoms with Crippen LogP contribution in [0.2, 0.25) is 0 Å². The second-order valence-corrected chi connectivity index (χ2v) is 9.37. The Morgan fingerprint density at radius 1 is 1.21 bits per heavy atom. The highest BCUT2D eigenvalue weighted by Gasteiger charge is 2.31. The van der Waals surface area contributed by atoms with Crippen LogP contribution in [0.5, 0.6) is 0 Å². The lowest BCUT2D eigenvalue weighted by Gasteiger charge is -2.38. The smallest absolute Gasteiger partial charge is 0.133 e. The van der Waals surface area contributed by atoms with Crippen LogP contribution in [0.1, 0.15) is 55.8 Å². The van der Waals surface area contributed by atoms with E-state index >= 15 is 0 Å². The summed E-state index contributed by atoms with van der Waals surface area (Å²) >= 11 is 0. The quantitative estimate of drug-likeness (QED) is 0.859. The number of ketones is 1.